The first-order valence-corrected chi connectivity index (χ1v) is 10.8. The Bertz CT molecular complexity index is 1030. The van der Waals surface area contributed by atoms with Crippen molar-refractivity contribution in [3.8, 4) is 11.5 Å². The predicted molar refractivity (Wildman–Crippen MR) is 139 cm³/mol. The van der Waals surface area contributed by atoms with Crippen molar-refractivity contribution >= 4 is 35.8 Å². The van der Waals surface area contributed by atoms with Gasteiger partial charge in [-0.25, -0.2) is 14.4 Å². The highest BCUT2D eigenvalue weighted by atomic mass is 127. The van der Waals surface area contributed by atoms with E-state index in [1.807, 2.05) is 37.4 Å². The predicted octanol–water partition coefficient (Wildman–Crippen LogP) is 4.31. The van der Waals surface area contributed by atoms with E-state index in [0.717, 1.165) is 50.1 Å². The molecule has 1 fully saturated rings. The van der Waals surface area contributed by atoms with Gasteiger partial charge in [0.2, 0.25) is 0 Å². The number of aromatic nitrogens is 2. The summed E-state index contributed by atoms with van der Waals surface area (Å²) in [5, 5.41) is 3.35. The van der Waals surface area contributed by atoms with E-state index in [9.17, 15) is 4.39 Å². The molecule has 0 saturated carbocycles. The second-order valence-electron chi connectivity index (χ2n) is 7.39. The zero-order valence-electron chi connectivity index (χ0n) is 18.5. The lowest BCUT2D eigenvalue weighted by Crippen LogP contribution is -2.52. The molecule has 174 valence electrons. The van der Waals surface area contributed by atoms with Gasteiger partial charge in [-0.3, -0.25) is 4.98 Å². The summed E-state index contributed by atoms with van der Waals surface area (Å²) < 4.78 is 20.1. The SMILES string of the molecule is CCNC(=NCc1ccc(Oc2cccnc2)c(F)c1)N1CCN(c2ccccn2)CC1.I. The zero-order valence-corrected chi connectivity index (χ0v) is 20.9. The van der Waals surface area contributed by atoms with Gasteiger partial charge in [0.05, 0.1) is 12.7 Å². The topological polar surface area (TPSA) is 65.9 Å². The van der Waals surface area contributed by atoms with E-state index in [2.05, 4.69) is 25.1 Å². The Labute approximate surface area is 210 Å². The second-order valence-corrected chi connectivity index (χ2v) is 7.39. The minimum Gasteiger partial charge on any atom is -0.453 e. The average molecular weight is 562 g/mol. The van der Waals surface area contributed by atoms with Crippen LogP contribution in [0.5, 0.6) is 11.5 Å². The van der Waals surface area contributed by atoms with Crippen molar-refractivity contribution in [3.63, 3.8) is 0 Å². The highest BCUT2D eigenvalue weighted by Crippen LogP contribution is 2.24. The van der Waals surface area contributed by atoms with Crippen LogP contribution in [0.3, 0.4) is 0 Å². The number of nitrogens with one attached hydrogen (secondary N) is 1. The number of benzene rings is 1. The Balaban J connectivity index is 0.00000306. The van der Waals surface area contributed by atoms with E-state index < -0.39 is 5.82 Å². The van der Waals surface area contributed by atoms with Gasteiger partial charge in [-0.15, -0.1) is 24.0 Å². The molecule has 2 aromatic heterocycles. The number of ether oxygens (including phenoxy) is 1. The van der Waals surface area contributed by atoms with Crippen LogP contribution in [0.15, 0.2) is 72.1 Å². The van der Waals surface area contributed by atoms with Crippen molar-refractivity contribution in [2.24, 2.45) is 4.99 Å². The third-order valence-corrected chi connectivity index (χ3v) is 5.16. The van der Waals surface area contributed by atoms with E-state index in [-0.39, 0.29) is 29.7 Å². The van der Waals surface area contributed by atoms with Crippen molar-refractivity contribution in [1.82, 2.24) is 20.2 Å². The Hall–Kier alpha value is -2.95. The van der Waals surface area contributed by atoms with Crippen molar-refractivity contribution in [2.45, 2.75) is 13.5 Å². The van der Waals surface area contributed by atoms with Crippen LogP contribution in [-0.2, 0) is 6.54 Å². The first-order chi connectivity index (χ1) is 15.7. The molecular weight excluding hydrogens is 534 g/mol. The smallest absolute Gasteiger partial charge is 0.194 e. The zero-order chi connectivity index (χ0) is 22.2. The first-order valence-electron chi connectivity index (χ1n) is 10.8. The van der Waals surface area contributed by atoms with Crippen LogP contribution in [-0.4, -0.2) is 53.6 Å². The number of nitrogens with zero attached hydrogens (tertiary/aromatic N) is 5. The van der Waals surface area contributed by atoms with Gasteiger partial charge < -0.3 is 19.9 Å². The number of hydrogen-bond acceptors (Lipinski definition) is 5. The van der Waals surface area contributed by atoms with Crippen LogP contribution >= 0.6 is 24.0 Å². The van der Waals surface area contributed by atoms with Gasteiger partial charge >= 0.3 is 0 Å². The summed E-state index contributed by atoms with van der Waals surface area (Å²) in [5.74, 6) is 2.08. The van der Waals surface area contributed by atoms with Crippen LogP contribution < -0.4 is 15.0 Å². The van der Waals surface area contributed by atoms with Crippen molar-refractivity contribution < 1.29 is 9.13 Å². The van der Waals surface area contributed by atoms with Crippen LogP contribution in [0.1, 0.15) is 12.5 Å². The molecule has 1 N–H and O–H groups in total. The van der Waals surface area contributed by atoms with Gasteiger partial charge in [0, 0.05) is 45.1 Å². The normalized spacial score (nSPS) is 13.9. The fourth-order valence-electron chi connectivity index (χ4n) is 3.54. The second kappa shape index (κ2) is 12.3. The van der Waals surface area contributed by atoms with Gasteiger partial charge in [-0.2, -0.15) is 0 Å². The number of hydrogen-bond donors (Lipinski definition) is 1. The third-order valence-electron chi connectivity index (χ3n) is 5.16. The quantitative estimate of drug-likeness (QED) is 0.275. The van der Waals surface area contributed by atoms with Crippen LogP contribution in [0.2, 0.25) is 0 Å². The van der Waals surface area contributed by atoms with E-state index in [0.29, 0.717) is 12.3 Å². The molecule has 1 saturated heterocycles. The summed E-state index contributed by atoms with van der Waals surface area (Å²) in [6.45, 7) is 6.62. The Kier molecular flexibility index (Phi) is 9.23. The number of pyridine rings is 2. The van der Waals surface area contributed by atoms with Gasteiger partial charge in [0.1, 0.15) is 11.6 Å². The molecule has 0 atom stereocenters. The summed E-state index contributed by atoms with van der Waals surface area (Å²) in [6, 6.07) is 14.4. The van der Waals surface area contributed by atoms with Gasteiger partial charge in [0.15, 0.2) is 17.5 Å². The number of piperazine rings is 1. The molecule has 0 aliphatic carbocycles. The van der Waals surface area contributed by atoms with E-state index in [1.165, 1.54) is 6.07 Å². The first kappa shape index (κ1) is 24.7. The number of aliphatic imine (C=N–C) groups is 1. The molecule has 3 heterocycles. The monoisotopic (exact) mass is 562 g/mol. The summed E-state index contributed by atoms with van der Waals surface area (Å²) in [6.07, 6.45) is 5.01. The summed E-state index contributed by atoms with van der Waals surface area (Å²) in [4.78, 5) is 17.7. The molecule has 0 bridgehead atoms. The molecule has 9 heteroatoms. The molecular formula is C24H28FIN6O. The highest BCUT2D eigenvalue weighted by molar-refractivity contribution is 14.0. The molecule has 1 aliphatic heterocycles. The van der Waals surface area contributed by atoms with E-state index in [1.54, 1.807) is 30.6 Å². The van der Waals surface area contributed by atoms with Gasteiger partial charge in [-0.1, -0.05) is 12.1 Å². The van der Waals surface area contributed by atoms with Gasteiger partial charge in [0.25, 0.3) is 0 Å². The maximum Gasteiger partial charge on any atom is 0.194 e. The van der Waals surface area contributed by atoms with Gasteiger partial charge in [-0.05, 0) is 48.9 Å². The number of anilines is 1. The van der Waals surface area contributed by atoms with Crippen LogP contribution in [0.25, 0.3) is 0 Å². The number of rotatable bonds is 6. The maximum atomic E-state index is 14.5. The molecule has 33 heavy (non-hydrogen) atoms. The summed E-state index contributed by atoms with van der Waals surface area (Å²) >= 11 is 0. The average Bonchev–Trinajstić information content (AvgIpc) is 2.85. The lowest BCUT2D eigenvalue weighted by molar-refractivity contribution is 0.371. The Morgan fingerprint density at radius 2 is 1.94 bits per heavy atom. The fraction of sp³-hybridized carbons (Fsp3) is 0.292. The largest absolute Gasteiger partial charge is 0.453 e. The lowest BCUT2D eigenvalue weighted by Gasteiger charge is -2.37. The minimum absolute atomic E-state index is 0. The number of halogens is 2. The third kappa shape index (κ3) is 6.77. The minimum atomic E-state index is -0.421. The molecule has 0 spiro atoms. The number of guanidine groups is 1. The molecule has 0 radical (unpaired) electrons. The molecule has 1 aliphatic rings. The van der Waals surface area contributed by atoms with Crippen LogP contribution in [0, 0.1) is 5.82 Å². The maximum absolute atomic E-state index is 14.5. The molecule has 0 amide bonds. The molecule has 7 nitrogen and oxygen atoms in total. The summed E-state index contributed by atoms with van der Waals surface area (Å²) in [5.41, 5.74) is 0.781. The van der Waals surface area contributed by atoms with E-state index >= 15 is 0 Å². The molecule has 4 rings (SSSR count). The van der Waals surface area contributed by atoms with Crippen molar-refractivity contribution in [2.75, 3.05) is 37.6 Å². The molecule has 3 aromatic rings. The standard InChI is InChI=1S/C24H27FN6O.HI/c1-2-27-24(31-14-12-30(13-15-31)23-7-3-4-11-28-23)29-17-19-8-9-22(21(25)16-19)32-20-6-5-10-26-18-20;/h3-11,16,18H,2,12-15,17H2,1H3,(H,27,29);1H. The van der Waals surface area contributed by atoms with Crippen LogP contribution in [0.4, 0.5) is 10.2 Å². The van der Waals surface area contributed by atoms with Crippen molar-refractivity contribution in [3.05, 3.63) is 78.5 Å². The highest BCUT2D eigenvalue weighted by Gasteiger charge is 2.20. The summed E-state index contributed by atoms with van der Waals surface area (Å²) in [7, 11) is 0. The van der Waals surface area contributed by atoms with E-state index in [4.69, 9.17) is 9.73 Å². The lowest BCUT2D eigenvalue weighted by atomic mass is 10.2. The fourth-order valence-corrected chi connectivity index (χ4v) is 3.54. The molecule has 1 aromatic carbocycles. The Morgan fingerprint density at radius 1 is 1.09 bits per heavy atom. The molecule has 0 unspecified atom stereocenters. The van der Waals surface area contributed by atoms with Crippen molar-refractivity contribution in [1.29, 1.82) is 0 Å². The Morgan fingerprint density at radius 3 is 2.61 bits per heavy atom.